The Morgan fingerprint density at radius 3 is 1.93 bits per heavy atom. The molecule has 15 heavy (non-hydrogen) atoms. The van der Waals surface area contributed by atoms with Gasteiger partial charge in [-0.2, -0.15) is 0 Å². The number of rotatable bonds is 7. The van der Waals surface area contributed by atoms with E-state index in [9.17, 15) is 4.79 Å². The molecule has 0 radical (unpaired) electrons. The van der Waals surface area contributed by atoms with Crippen LogP contribution in [0.3, 0.4) is 0 Å². The summed E-state index contributed by atoms with van der Waals surface area (Å²) in [6.07, 6.45) is 3.21. The maximum absolute atomic E-state index is 11.6. The molecule has 0 saturated carbocycles. The molecule has 0 aromatic rings. The van der Waals surface area contributed by atoms with Gasteiger partial charge in [0.15, 0.2) is 0 Å². The average molecular weight is 213 g/mol. The van der Waals surface area contributed by atoms with E-state index in [1.807, 2.05) is 6.92 Å². The third-order valence-corrected chi connectivity index (χ3v) is 2.65. The van der Waals surface area contributed by atoms with Crippen molar-refractivity contribution < 1.29 is 4.79 Å². The number of carbonyl (C=O) groups is 1. The molecule has 1 atom stereocenters. The first-order valence-corrected chi connectivity index (χ1v) is 6.21. The maximum atomic E-state index is 11.6. The summed E-state index contributed by atoms with van der Waals surface area (Å²) in [5.41, 5.74) is 0. The van der Waals surface area contributed by atoms with Crippen molar-refractivity contribution in [3.63, 3.8) is 0 Å². The zero-order valence-electron chi connectivity index (χ0n) is 11.0. The fraction of sp³-hybridized carbons (Fsp3) is 0.923. The molecule has 0 aliphatic rings. The minimum Gasteiger partial charge on any atom is -0.356 e. The molecule has 0 aromatic carbocycles. The van der Waals surface area contributed by atoms with E-state index in [4.69, 9.17) is 0 Å². The van der Waals surface area contributed by atoms with Crippen molar-refractivity contribution in [2.75, 3.05) is 6.54 Å². The van der Waals surface area contributed by atoms with Gasteiger partial charge in [-0.1, -0.05) is 41.0 Å². The highest BCUT2D eigenvalue weighted by Crippen LogP contribution is 2.11. The van der Waals surface area contributed by atoms with Crippen molar-refractivity contribution >= 4 is 5.91 Å². The Morgan fingerprint density at radius 1 is 0.933 bits per heavy atom. The second-order valence-corrected chi connectivity index (χ2v) is 5.35. The maximum Gasteiger partial charge on any atom is 0.222 e. The number of amides is 1. The lowest BCUT2D eigenvalue weighted by Gasteiger charge is -2.13. The van der Waals surface area contributed by atoms with E-state index in [0.717, 1.165) is 25.8 Å². The van der Waals surface area contributed by atoms with Gasteiger partial charge in [0.05, 0.1) is 0 Å². The van der Waals surface area contributed by atoms with Gasteiger partial charge in [0.2, 0.25) is 5.91 Å². The van der Waals surface area contributed by atoms with Gasteiger partial charge in [0, 0.05) is 12.5 Å². The van der Waals surface area contributed by atoms with Crippen LogP contribution in [-0.4, -0.2) is 12.5 Å². The van der Waals surface area contributed by atoms with Gasteiger partial charge in [-0.05, 0) is 24.7 Å². The predicted octanol–water partition coefficient (Wildman–Crippen LogP) is 3.22. The van der Waals surface area contributed by atoms with E-state index in [2.05, 4.69) is 33.0 Å². The van der Waals surface area contributed by atoms with Gasteiger partial charge in [0.25, 0.3) is 0 Å². The highest BCUT2D eigenvalue weighted by Gasteiger charge is 2.12. The molecule has 0 saturated heterocycles. The summed E-state index contributed by atoms with van der Waals surface area (Å²) in [6, 6.07) is 0. The van der Waals surface area contributed by atoms with Crippen LogP contribution in [0, 0.1) is 17.8 Å². The van der Waals surface area contributed by atoms with E-state index >= 15 is 0 Å². The molecule has 0 aromatic heterocycles. The van der Waals surface area contributed by atoms with E-state index in [-0.39, 0.29) is 11.8 Å². The van der Waals surface area contributed by atoms with Crippen LogP contribution in [0.25, 0.3) is 0 Å². The van der Waals surface area contributed by atoms with Gasteiger partial charge in [-0.25, -0.2) is 0 Å². The van der Waals surface area contributed by atoms with Crippen LogP contribution in [0.2, 0.25) is 0 Å². The Hall–Kier alpha value is -0.530. The third-order valence-electron chi connectivity index (χ3n) is 2.65. The quantitative estimate of drug-likeness (QED) is 0.691. The summed E-state index contributed by atoms with van der Waals surface area (Å²) < 4.78 is 0. The molecule has 90 valence electrons. The molecular weight excluding hydrogens is 186 g/mol. The molecule has 0 fully saturated rings. The fourth-order valence-corrected chi connectivity index (χ4v) is 1.37. The summed E-state index contributed by atoms with van der Waals surface area (Å²) in [7, 11) is 0. The smallest absolute Gasteiger partial charge is 0.222 e. The van der Waals surface area contributed by atoms with Crippen molar-refractivity contribution in [1.29, 1.82) is 0 Å². The van der Waals surface area contributed by atoms with Crippen LogP contribution < -0.4 is 5.32 Å². The Bertz CT molecular complexity index is 175. The lowest BCUT2D eigenvalue weighted by atomic mass is 9.98. The molecule has 0 bridgehead atoms. The van der Waals surface area contributed by atoms with Crippen molar-refractivity contribution in [3.8, 4) is 0 Å². The molecule has 0 heterocycles. The van der Waals surface area contributed by atoms with Gasteiger partial charge < -0.3 is 5.32 Å². The molecule has 0 aliphatic carbocycles. The van der Waals surface area contributed by atoms with Crippen LogP contribution in [-0.2, 0) is 4.79 Å². The van der Waals surface area contributed by atoms with E-state index < -0.39 is 0 Å². The van der Waals surface area contributed by atoms with E-state index in [1.54, 1.807) is 0 Å². The van der Waals surface area contributed by atoms with E-state index in [0.29, 0.717) is 11.8 Å². The number of hydrogen-bond donors (Lipinski definition) is 1. The monoisotopic (exact) mass is 213 g/mol. The number of carbonyl (C=O) groups excluding carboxylic acids is 1. The first kappa shape index (κ1) is 14.5. The van der Waals surface area contributed by atoms with Crippen molar-refractivity contribution in [2.24, 2.45) is 17.8 Å². The second-order valence-electron chi connectivity index (χ2n) is 5.35. The molecule has 1 N–H and O–H groups in total. The molecule has 2 heteroatoms. The van der Waals surface area contributed by atoms with Crippen molar-refractivity contribution in [2.45, 2.75) is 53.9 Å². The SMILES string of the molecule is CC(C)CCNC(=O)[C@@H](C)CCC(C)C. The highest BCUT2D eigenvalue weighted by atomic mass is 16.1. The lowest BCUT2D eigenvalue weighted by molar-refractivity contribution is -0.124. The number of nitrogens with one attached hydrogen (secondary N) is 1. The van der Waals surface area contributed by atoms with Gasteiger partial charge >= 0.3 is 0 Å². The molecule has 0 spiro atoms. The van der Waals surface area contributed by atoms with Crippen LogP contribution in [0.5, 0.6) is 0 Å². The summed E-state index contributed by atoms with van der Waals surface area (Å²) in [5, 5.41) is 3.00. The molecular formula is C13H27NO. The summed E-state index contributed by atoms with van der Waals surface area (Å²) in [4.78, 5) is 11.6. The minimum atomic E-state index is 0.166. The lowest BCUT2D eigenvalue weighted by Crippen LogP contribution is -2.30. The average Bonchev–Trinajstić information content (AvgIpc) is 2.13. The summed E-state index contributed by atoms with van der Waals surface area (Å²) >= 11 is 0. The zero-order valence-corrected chi connectivity index (χ0v) is 11.0. The minimum absolute atomic E-state index is 0.166. The fourth-order valence-electron chi connectivity index (χ4n) is 1.37. The van der Waals surface area contributed by atoms with Gasteiger partial charge in [0.1, 0.15) is 0 Å². The topological polar surface area (TPSA) is 29.1 Å². The Kier molecular flexibility index (Phi) is 7.45. The normalized spacial score (nSPS) is 13.3. The molecule has 0 aliphatic heterocycles. The standard InChI is InChI=1S/C13H27NO/c1-10(2)6-7-12(5)13(15)14-9-8-11(3)4/h10-12H,6-9H2,1-5H3,(H,14,15)/t12-/m0/s1. The Morgan fingerprint density at radius 2 is 1.47 bits per heavy atom. The van der Waals surface area contributed by atoms with Crippen LogP contribution in [0.1, 0.15) is 53.9 Å². The Balaban J connectivity index is 3.60. The molecule has 1 amide bonds. The largest absolute Gasteiger partial charge is 0.356 e. The van der Waals surface area contributed by atoms with Gasteiger partial charge in [-0.15, -0.1) is 0 Å². The molecule has 0 rings (SSSR count). The van der Waals surface area contributed by atoms with Crippen LogP contribution >= 0.6 is 0 Å². The van der Waals surface area contributed by atoms with Gasteiger partial charge in [-0.3, -0.25) is 4.79 Å². The molecule has 2 nitrogen and oxygen atoms in total. The predicted molar refractivity (Wildman–Crippen MR) is 65.7 cm³/mol. The molecule has 0 unspecified atom stereocenters. The van der Waals surface area contributed by atoms with Crippen molar-refractivity contribution in [3.05, 3.63) is 0 Å². The summed E-state index contributed by atoms with van der Waals surface area (Å²) in [6.45, 7) is 11.6. The third kappa shape index (κ3) is 8.46. The highest BCUT2D eigenvalue weighted by molar-refractivity contribution is 5.78. The second kappa shape index (κ2) is 7.72. The first-order valence-electron chi connectivity index (χ1n) is 6.21. The van der Waals surface area contributed by atoms with Crippen LogP contribution in [0.15, 0.2) is 0 Å². The summed E-state index contributed by atoms with van der Waals surface area (Å²) in [5.74, 6) is 1.74. The zero-order chi connectivity index (χ0) is 11.8. The Labute approximate surface area is 94.8 Å². The first-order chi connectivity index (χ1) is 6.93. The van der Waals surface area contributed by atoms with E-state index in [1.165, 1.54) is 0 Å². The van der Waals surface area contributed by atoms with Crippen molar-refractivity contribution in [1.82, 2.24) is 5.32 Å². The van der Waals surface area contributed by atoms with Crippen LogP contribution in [0.4, 0.5) is 0 Å². The number of hydrogen-bond acceptors (Lipinski definition) is 1.